The second-order valence-electron chi connectivity index (χ2n) is 5.94. The van der Waals surface area contributed by atoms with Crippen molar-refractivity contribution in [1.29, 1.82) is 0 Å². The largest absolute Gasteiger partial charge is 0.301 e. The highest BCUT2D eigenvalue weighted by Gasteiger charge is 2.25. The van der Waals surface area contributed by atoms with Crippen LogP contribution in [0.3, 0.4) is 0 Å². The molecular weight excluding hydrogens is 298 g/mol. The summed E-state index contributed by atoms with van der Waals surface area (Å²) < 4.78 is 0. The summed E-state index contributed by atoms with van der Waals surface area (Å²) in [7, 11) is 0. The van der Waals surface area contributed by atoms with E-state index in [-0.39, 0.29) is 6.04 Å². The number of benzene rings is 1. The molecule has 3 heterocycles. The first-order chi connectivity index (χ1) is 10.8. The lowest BCUT2D eigenvalue weighted by molar-refractivity contribution is 0.320. The first-order valence-electron chi connectivity index (χ1n) is 7.74. The lowest BCUT2D eigenvalue weighted by Crippen LogP contribution is -2.32. The van der Waals surface area contributed by atoms with Gasteiger partial charge in [-0.05, 0) is 50.2 Å². The maximum atomic E-state index is 6.05. The number of likely N-dealkylation sites (tertiary alicyclic amines) is 1. The molecule has 1 fully saturated rings. The molecule has 2 aliphatic rings. The standard InChI is InChI=1S/C16H18ClN5/c17-12-3-4-14-15(9-12)18-6-5-16(14)22-11-13(19-20-22)10-21-7-1-2-8-21/h3-6,9,13H,1-2,7-8,10-11H2. The van der Waals surface area contributed by atoms with E-state index in [1.165, 1.54) is 25.9 Å². The third-order valence-corrected chi connectivity index (χ3v) is 4.57. The number of hydrogen-bond acceptors (Lipinski definition) is 5. The van der Waals surface area contributed by atoms with Crippen LogP contribution in [0.25, 0.3) is 10.9 Å². The Kier molecular flexibility index (Phi) is 3.68. The van der Waals surface area contributed by atoms with Gasteiger partial charge in [0.25, 0.3) is 0 Å². The fourth-order valence-corrected chi connectivity index (χ4v) is 3.41. The van der Waals surface area contributed by atoms with E-state index in [1.54, 1.807) is 6.20 Å². The summed E-state index contributed by atoms with van der Waals surface area (Å²) in [5.41, 5.74) is 1.94. The third-order valence-electron chi connectivity index (χ3n) is 4.33. The van der Waals surface area contributed by atoms with E-state index >= 15 is 0 Å². The Morgan fingerprint density at radius 3 is 2.91 bits per heavy atom. The Labute approximate surface area is 134 Å². The minimum absolute atomic E-state index is 0.258. The monoisotopic (exact) mass is 315 g/mol. The first kappa shape index (κ1) is 13.9. The molecule has 2 aliphatic heterocycles. The van der Waals surface area contributed by atoms with Crippen LogP contribution in [0.4, 0.5) is 5.69 Å². The quantitative estimate of drug-likeness (QED) is 0.870. The van der Waals surface area contributed by atoms with Gasteiger partial charge in [0.15, 0.2) is 0 Å². The zero-order chi connectivity index (χ0) is 14.9. The van der Waals surface area contributed by atoms with Crippen LogP contribution in [0.2, 0.25) is 5.02 Å². The number of rotatable bonds is 3. The molecule has 1 atom stereocenters. The van der Waals surface area contributed by atoms with Crippen molar-refractivity contribution in [1.82, 2.24) is 9.88 Å². The highest BCUT2D eigenvalue weighted by molar-refractivity contribution is 6.31. The molecule has 0 radical (unpaired) electrons. The van der Waals surface area contributed by atoms with Crippen LogP contribution in [-0.2, 0) is 0 Å². The van der Waals surface area contributed by atoms with Crippen molar-refractivity contribution in [3.8, 4) is 0 Å². The topological polar surface area (TPSA) is 44.1 Å². The molecule has 0 spiro atoms. The summed E-state index contributed by atoms with van der Waals surface area (Å²) in [6.07, 6.45) is 4.42. The van der Waals surface area contributed by atoms with Crippen LogP contribution >= 0.6 is 11.6 Å². The van der Waals surface area contributed by atoms with Crippen LogP contribution < -0.4 is 5.01 Å². The van der Waals surface area contributed by atoms with Gasteiger partial charge in [-0.3, -0.25) is 4.98 Å². The van der Waals surface area contributed by atoms with Crippen molar-refractivity contribution in [3.63, 3.8) is 0 Å². The average molecular weight is 316 g/mol. The third kappa shape index (κ3) is 2.66. The van der Waals surface area contributed by atoms with Crippen molar-refractivity contribution in [2.75, 3.05) is 31.2 Å². The van der Waals surface area contributed by atoms with Crippen LogP contribution in [0.5, 0.6) is 0 Å². The Balaban J connectivity index is 1.54. The summed E-state index contributed by atoms with van der Waals surface area (Å²) in [5.74, 6) is 0. The molecule has 0 aliphatic carbocycles. The fourth-order valence-electron chi connectivity index (χ4n) is 3.24. The van der Waals surface area contributed by atoms with Gasteiger partial charge in [-0.1, -0.05) is 16.8 Å². The zero-order valence-electron chi connectivity index (χ0n) is 12.3. The van der Waals surface area contributed by atoms with E-state index in [0.29, 0.717) is 5.02 Å². The molecule has 1 saturated heterocycles. The van der Waals surface area contributed by atoms with Gasteiger partial charge in [-0.25, -0.2) is 5.01 Å². The van der Waals surface area contributed by atoms with Gasteiger partial charge >= 0.3 is 0 Å². The summed E-state index contributed by atoms with van der Waals surface area (Å²) in [6.45, 7) is 4.23. The maximum absolute atomic E-state index is 6.05. The first-order valence-corrected chi connectivity index (χ1v) is 8.12. The predicted molar refractivity (Wildman–Crippen MR) is 88.4 cm³/mol. The van der Waals surface area contributed by atoms with Gasteiger partial charge in [0.2, 0.25) is 0 Å². The molecule has 0 N–H and O–H groups in total. The molecule has 4 rings (SSSR count). The van der Waals surface area contributed by atoms with E-state index in [4.69, 9.17) is 11.6 Å². The van der Waals surface area contributed by atoms with Gasteiger partial charge in [0, 0.05) is 23.2 Å². The van der Waals surface area contributed by atoms with Crippen molar-refractivity contribution >= 4 is 28.2 Å². The van der Waals surface area contributed by atoms with Crippen LogP contribution in [-0.4, -0.2) is 42.1 Å². The second kappa shape index (κ2) is 5.82. The summed E-state index contributed by atoms with van der Waals surface area (Å²) in [6, 6.07) is 8.03. The van der Waals surface area contributed by atoms with E-state index in [1.807, 2.05) is 29.3 Å². The number of halogens is 1. The number of fused-ring (bicyclic) bond motifs is 1. The molecular formula is C16H18ClN5. The number of nitrogens with zero attached hydrogens (tertiary/aromatic N) is 5. The zero-order valence-corrected chi connectivity index (χ0v) is 13.1. The van der Waals surface area contributed by atoms with E-state index in [0.717, 1.165) is 29.7 Å². The fraction of sp³-hybridized carbons (Fsp3) is 0.438. The van der Waals surface area contributed by atoms with Crippen LogP contribution in [0.1, 0.15) is 12.8 Å². The minimum atomic E-state index is 0.258. The average Bonchev–Trinajstić information content (AvgIpc) is 3.19. The van der Waals surface area contributed by atoms with Gasteiger partial charge in [-0.15, -0.1) is 0 Å². The SMILES string of the molecule is Clc1ccc2c(N3CC(CN4CCCC4)N=N3)ccnc2c1. The number of hydrogen-bond donors (Lipinski definition) is 0. The van der Waals surface area contributed by atoms with Crippen molar-refractivity contribution in [3.05, 3.63) is 35.5 Å². The highest BCUT2D eigenvalue weighted by atomic mass is 35.5. The molecule has 0 bridgehead atoms. The normalized spacial score (nSPS) is 22.0. The molecule has 1 unspecified atom stereocenters. The van der Waals surface area contributed by atoms with Crippen LogP contribution in [0, 0.1) is 0 Å². The Morgan fingerprint density at radius 1 is 1.18 bits per heavy atom. The molecule has 6 heteroatoms. The van der Waals surface area contributed by atoms with Crippen molar-refractivity contribution in [2.45, 2.75) is 18.9 Å². The van der Waals surface area contributed by atoms with Crippen LogP contribution in [0.15, 0.2) is 40.8 Å². The van der Waals surface area contributed by atoms with Gasteiger partial charge in [0.1, 0.15) is 6.04 Å². The lowest BCUT2D eigenvalue weighted by Gasteiger charge is -2.19. The molecule has 0 saturated carbocycles. The van der Waals surface area contributed by atoms with Gasteiger partial charge < -0.3 is 4.90 Å². The Hall–Kier alpha value is -1.72. The Morgan fingerprint density at radius 2 is 2.05 bits per heavy atom. The smallest absolute Gasteiger partial charge is 0.105 e. The molecule has 114 valence electrons. The predicted octanol–water partition coefficient (Wildman–Crippen LogP) is 3.54. The number of aromatic nitrogens is 1. The van der Waals surface area contributed by atoms with Crippen molar-refractivity contribution < 1.29 is 0 Å². The molecule has 0 amide bonds. The Bertz CT molecular complexity index is 711. The molecule has 1 aromatic carbocycles. The van der Waals surface area contributed by atoms with Gasteiger partial charge in [0.05, 0.1) is 17.7 Å². The molecule has 5 nitrogen and oxygen atoms in total. The van der Waals surface area contributed by atoms with E-state index < -0.39 is 0 Å². The second-order valence-corrected chi connectivity index (χ2v) is 6.38. The lowest BCUT2D eigenvalue weighted by atomic mass is 10.1. The minimum Gasteiger partial charge on any atom is -0.301 e. The maximum Gasteiger partial charge on any atom is 0.105 e. The summed E-state index contributed by atoms with van der Waals surface area (Å²) in [5, 5.41) is 12.6. The highest BCUT2D eigenvalue weighted by Crippen LogP contribution is 2.30. The molecule has 22 heavy (non-hydrogen) atoms. The molecule has 2 aromatic rings. The summed E-state index contributed by atoms with van der Waals surface area (Å²) >= 11 is 6.05. The van der Waals surface area contributed by atoms with Crippen molar-refractivity contribution in [2.24, 2.45) is 10.3 Å². The number of anilines is 1. The van der Waals surface area contributed by atoms with Gasteiger partial charge in [-0.2, -0.15) is 5.11 Å². The molecule has 1 aromatic heterocycles. The number of pyridine rings is 1. The van der Waals surface area contributed by atoms with E-state index in [2.05, 4.69) is 20.2 Å². The summed E-state index contributed by atoms with van der Waals surface area (Å²) in [4.78, 5) is 6.87. The van der Waals surface area contributed by atoms with E-state index in [9.17, 15) is 0 Å².